The Morgan fingerprint density at radius 1 is 1.05 bits per heavy atom. The Hall–Kier alpha value is -2.55. The van der Waals surface area contributed by atoms with E-state index in [1.54, 1.807) is 0 Å². The standard InChI is InChI=1S/C18H17NO2/c1-13-10-15-7-4-5-9-17(15)19(13)12-16-8-3-2-6-14(16)11-18(20)21/h2-10H,11-12H2,1H3,(H,20,21). The summed E-state index contributed by atoms with van der Waals surface area (Å²) in [5, 5.41) is 10.3. The molecular formula is C18H17NO2. The number of para-hydroxylation sites is 1. The Balaban J connectivity index is 2.03. The van der Waals surface area contributed by atoms with Crippen molar-refractivity contribution in [3.05, 3.63) is 71.4 Å². The van der Waals surface area contributed by atoms with E-state index in [2.05, 4.69) is 29.7 Å². The number of carboxylic acid groups (broad SMARTS) is 1. The van der Waals surface area contributed by atoms with Crippen LogP contribution in [-0.4, -0.2) is 15.6 Å². The third-order valence-electron chi connectivity index (χ3n) is 3.81. The van der Waals surface area contributed by atoms with Gasteiger partial charge in [0.2, 0.25) is 0 Å². The Morgan fingerprint density at radius 2 is 1.71 bits per heavy atom. The van der Waals surface area contributed by atoms with Gasteiger partial charge >= 0.3 is 5.97 Å². The minimum absolute atomic E-state index is 0.0639. The lowest BCUT2D eigenvalue weighted by atomic mass is 10.0. The van der Waals surface area contributed by atoms with Gasteiger partial charge in [0, 0.05) is 17.8 Å². The minimum Gasteiger partial charge on any atom is -0.481 e. The second-order valence-electron chi connectivity index (χ2n) is 5.27. The number of hydrogen-bond acceptors (Lipinski definition) is 1. The van der Waals surface area contributed by atoms with Gasteiger partial charge in [0.1, 0.15) is 0 Å². The number of aryl methyl sites for hydroxylation is 1. The maximum atomic E-state index is 11.0. The third kappa shape index (κ3) is 2.68. The molecule has 0 atom stereocenters. The molecule has 0 saturated carbocycles. The van der Waals surface area contributed by atoms with Crippen LogP contribution in [0.15, 0.2) is 54.6 Å². The highest BCUT2D eigenvalue weighted by atomic mass is 16.4. The number of benzene rings is 2. The molecule has 1 heterocycles. The van der Waals surface area contributed by atoms with Gasteiger partial charge in [0.15, 0.2) is 0 Å². The molecule has 21 heavy (non-hydrogen) atoms. The van der Waals surface area contributed by atoms with Gasteiger partial charge in [-0.1, -0.05) is 42.5 Å². The molecule has 0 aliphatic rings. The zero-order chi connectivity index (χ0) is 14.8. The SMILES string of the molecule is Cc1cc2ccccc2n1Cc1ccccc1CC(=O)O. The van der Waals surface area contributed by atoms with E-state index in [4.69, 9.17) is 5.11 Å². The van der Waals surface area contributed by atoms with Gasteiger partial charge in [-0.3, -0.25) is 4.79 Å². The summed E-state index contributed by atoms with van der Waals surface area (Å²) in [7, 11) is 0. The fourth-order valence-electron chi connectivity index (χ4n) is 2.78. The quantitative estimate of drug-likeness (QED) is 0.792. The van der Waals surface area contributed by atoms with Crippen LogP contribution in [0.25, 0.3) is 10.9 Å². The van der Waals surface area contributed by atoms with Crippen molar-refractivity contribution in [3.63, 3.8) is 0 Å². The summed E-state index contributed by atoms with van der Waals surface area (Å²) in [5.41, 5.74) is 4.30. The van der Waals surface area contributed by atoms with E-state index in [0.717, 1.165) is 11.1 Å². The van der Waals surface area contributed by atoms with E-state index in [9.17, 15) is 4.79 Å². The molecular weight excluding hydrogens is 262 g/mol. The monoisotopic (exact) mass is 279 g/mol. The molecule has 0 radical (unpaired) electrons. The lowest BCUT2D eigenvalue weighted by Crippen LogP contribution is -2.08. The molecule has 1 N–H and O–H groups in total. The molecule has 3 nitrogen and oxygen atoms in total. The van der Waals surface area contributed by atoms with E-state index in [1.165, 1.54) is 16.6 Å². The van der Waals surface area contributed by atoms with Gasteiger partial charge in [-0.05, 0) is 35.6 Å². The van der Waals surface area contributed by atoms with Crippen molar-refractivity contribution in [1.82, 2.24) is 4.57 Å². The van der Waals surface area contributed by atoms with Crippen LogP contribution in [0.2, 0.25) is 0 Å². The van der Waals surface area contributed by atoms with Gasteiger partial charge in [0.05, 0.1) is 6.42 Å². The number of rotatable bonds is 4. The lowest BCUT2D eigenvalue weighted by molar-refractivity contribution is -0.136. The third-order valence-corrected chi connectivity index (χ3v) is 3.81. The molecule has 0 aliphatic carbocycles. The van der Waals surface area contributed by atoms with Crippen LogP contribution < -0.4 is 0 Å². The molecule has 3 aromatic rings. The van der Waals surface area contributed by atoms with Crippen molar-refractivity contribution < 1.29 is 9.90 Å². The van der Waals surface area contributed by atoms with Gasteiger partial charge in [-0.15, -0.1) is 0 Å². The predicted molar refractivity (Wildman–Crippen MR) is 83.6 cm³/mol. The van der Waals surface area contributed by atoms with Crippen molar-refractivity contribution in [2.45, 2.75) is 19.9 Å². The summed E-state index contributed by atoms with van der Waals surface area (Å²) < 4.78 is 2.23. The van der Waals surface area contributed by atoms with E-state index in [0.29, 0.717) is 6.54 Å². The van der Waals surface area contributed by atoms with E-state index in [1.807, 2.05) is 36.4 Å². The smallest absolute Gasteiger partial charge is 0.307 e. The topological polar surface area (TPSA) is 42.2 Å². The average molecular weight is 279 g/mol. The second-order valence-corrected chi connectivity index (χ2v) is 5.27. The van der Waals surface area contributed by atoms with Gasteiger partial charge in [-0.2, -0.15) is 0 Å². The van der Waals surface area contributed by atoms with Crippen molar-refractivity contribution in [2.24, 2.45) is 0 Å². The molecule has 2 aromatic carbocycles. The first kappa shape index (κ1) is 13.4. The first-order valence-corrected chi connectivity index (χ1v) is 6.98. The Morgan fingerprint density at radius 3 is 2.48 bits per heavy atom. The molecule has 106 valence electrons. The molecule has 0 amide bonds. The maximum absolute atomic E-state index is 11.0. The number of fused-ring (bicyclic) bond motifs is 1. The lowest BCUT2D eigenvalue weighted by Gasteiger charge is -2.12. The molecule has 0 unspecified atom stereocenters. The molecule has 3 rings (SSSR count). The zero-order valence-corrected chi connectivity index (χ0v) is 11.9. The van der Waals surface area contributed by atoms with Crippen LogP contribution >= 0.6 is 0 Å². The highest BCUT2D eigenvalue weighted by Crippen LogP contribution is 2.22. The van der Waals surface area contributed by atoms with Crippen LogP contribution in [0, 0.1) is 6.92 Å². The number of aromatic nitrogens is 1. The van der Waals surface area contributed by atoms with Crippen molar-refractivity contribution in [2.75, 3.05) is 0 Å². The molecule has 0 bridgehead atoms. The Bertz CT molecular complexity index is 802. The Kier molecular flexibility index (Phi) is 3.48. The number of carboxylic acids is 1. The van der Waals surface area contributed by atoms with Gasteiger partial charge < -0.3 is 9.67 Å². The fourth-order valence-corrected chi connectivity index (χ4v) is 2.78. The summed E-state index contributed by atoms with van der Waals surface area (Å²) in [6, 6.07) is 18.2. The summed E-state index contributed by atoms with van der Waals surface area (Å²) in [5.74, 6) is -0.795. The van der Waals surface area contributed by atoms with Crippen LogP contribution in [-0.2, 0) is 17.8 Å². The number of hydrogen-bond donors (Lipinski definition) is 1. The fraction of sp³-hybridized carbons (Fsp3) is 0.167. The second kappa shape index (κ2) is 5.44. The largest absolute Gasteiger partial charge is 0.481 e. The van der Waals surface area contributed by atoms with Crippen LogP contribution in [0.3, 0.4) is 0 Å². The van der Waals surface area contributed by atoms with E-state index in [-0.39, 0.29) is 6.42 Å². The highest BCUT2D eigenvalue weighted by molar-refractivity contribution is 5.81. The van der Waals surface area contributed by atoms with Crippen LogP contribution in [0.4, 0.5) is 0 Å². The predicted octanol–water partition coefficient (Wildman–Crippen LogP) is 3.63. The molecule has 0 spiro atoms. The number of nitrogens with zero attached hydrogens (tertiary/aromatic N) is 1. The van der Waals surface area contributed by atoms with Crippen molar-refractivity contribution >= 4 is 16.9 Å². The molecule has 1 aromatic heterocycles. The first-order valence-electron chi connectivity index (χ1n) is 6.98. The van der Waals surface area contributed by atoms with E-state index >= 15 is 0 Å². The summed E-state index contributed by atoms with van der Waals surface area (Å²) >= 11 is 0. The summed E-state index contributed by atoms with van der Waals surface area (Å²) in [4.78, 5) is 11.0. The average Bonchev–Trinajstić information content (AvgIpc) is 2.77. The van der Waals surface area contributed by atoms with Crippen molar-refractivity contribution in [3.8, 4) is 0 Å². The van der Waals surface area contributed by atoms with Gasteiger partial charge in [0.25, 0.3) is 0 Å². The normalized spacial score (nSPS) is 10.9. The van der Waals surface area contributed by atoms with Crippen LogP contribution in [0.1, 0.15) is 16.8 Å². The van der Waals surface area contributed by atoms with Crippen LogP contribution in [0.5, 0.6) is 0 Å². The minimum atomic E-state index is -0.795. The molecule has 0 aliphatic heterocycles. The first-order chi connectivity index (χ1) is 10.1. The van der Waals surface area contributed by atoms with Gasteiger partial charge in [-0.25, -0.2) is 0 Å². The van der Waals surface area contributed by atoms with E-state index < -0.39 is 5.97 Å². The highest BCUT2D eigenvalue weighted by Gasteiger charge is 2.10. The maximum Gasteiger partial charge on any atom is 0.307 e. The zero-order valence-electron chi connectivity index (χ0n) is 11.9. The Labute approximate surface area is 123 Å². The molecule has 0 saturated heterocycles. The van der Waals surface area contributed by atoms with Crippen molar-refractivity contribution in [1.29, 1.82) is 0 Å². The number of aliphatic carboxylic acids is 1. The molecule has 0 fully saturated rings. The summed E-state index contributed by atoms with van der Waals surface area (Å²) in [6.45, 7) is 2.78. The summed E-state index contributed by atoms with van der Waals surface area (Å²) in [6.07, 6.45) is 0.0639. The molecule has 3 heteroatoms. The number of carbonyl (C=O) groups is 1.